The highest BCUT2D eigenvalue weighted by molar-refractivity contribution is 6.42. The fourth-order valence-corrected chi connectivity index (χ4v) is 5.83. The predicted octanol–water partition coefficient (Wildman–Crippen LogP) is 11.2. The summed E-state index contributed by atoms with van der Waals surface area (Å²) in [5.74, 6) is 0.409. The zero-order chi connectivity index (χ0) is 29.1. The minimum atomic E-state index is 0.205. The molecular formula is C40H36N2. The highest BCUT2D eigenvalue weighted by Crippen LogP contribution is 2.39. The maximum Gasteiger partial charge on any atom is 0.0750 e. The summed E-state index contributed by atoms with van der Waals surface area (Å²) in [5, 5.41) is 4.70. The molecule has 0 spiro atoms. The maximum absolute atomic E-state index is 5.33. The van der Waals surface area contributed by atoms with Crippen LogP contribution in [0.2, 0.25) is 0 Å². The summed E-state index contributed by atoms with van der Waals surface area (Å²) in [6.07, 6.45) is 0. The van der Waals surface area contributed by atoms with E-state index in [1.54, 1.807) is 0 Å². The second-order valence-electron chi connectivity index (χ2n) is 11.1. The van der Waals surface area contributed by atoms with Gasteiger partial charge in [0.25, 0.3) is 0 Å². The molecule has 2 nitrogen and oxygen atoms in total. The Hall–Kier alpha value is -4.82. The van der Waals surface area contributed by atoms with Gasteiger partial charge in [0, 0.05) is 22.6 Å². The summed E-state index contributed by atoms with van der Waals surface area (Å²) in [5.41, 5.74) is 8.87. The molecule has 0 fully saturated rings. The topological polar surface area (TPSA) is 24.7 Å². The Balaban J connectivity index is 1.49. The summed E-state index contributed by atoms with van der Waals surface area (Å²) in [7, 11) is 0. The molecule has 0 N–H and O–H groups in total. The van der Waals surface area contributed by atoms with Crippen molar-refractivity contribution in [3.8, 4) is 0 Å². The van der Waals surface area contributed by atoms with Crippen molar-refractivity contribution in [3.05, 3.63) is 156 Å². The molecule has 0 amide bonds. The standard InChI is InChI=1S/C40H36N2/c1-27(31-15-7-5-8-16-31)35-25-23-33-19-11-13-21-37(33)39(35)41-29(3)30(4)42-40-36(28(2)32-17-9-6-10-18-32)26-24-34-20-12-14-22-38(34)40/h5-28H,1-4H3. The van der Waals surface area contributed by atoms with Crippen molar-refractivity contribution in [1.82, 2.24) is 0 Å². The van der Waals surface area contributed by atoms with E-state index in [2.05, 4.69) is 161 Å². The van der Waals surface area contributed by atoms with Crippen molar-refractivity contribution in [2.45, 2.75) is 39.5 Å². The Morgan fingerprint density at radius 1 is 0.429 bits per heavy atom. The van der Waals surface area contributed by atoms with Gasteiger partial charge >= 0.3 is 0 Å². The number of hydrogen-bond donors (Lipinski definition) is 0. The Labute approximate surface area is 249 Å². The molecule has 0 aromatic heterocycles. The first-order valence-corrected chi connectivity index (χ1v) is 14.8. The van der Waals surface area contributed by atoms with Gasteiger partial charge in [-0.3, -0.25) is 9.98 Å². The molecule has 2 atom stereocenters. The summed E-state index contributed by atoms with van der Waals surface area (Å²) in [6.45, 7) is 8.70. The van der Waals surface area contributed by atoms with Crippen molar-refractivity contribution in [1.29, 1.82) is 0 Å². The minimum Gasteiger partial charge on any atom is -0.251 e. The van der Waals surface area contributed by atoms with E-state index in [1.165, 1.54) is 33.0 Å². The van der Waals surface area contributed by atoms with E-state index < -0.39 is 0 Å². The van der Waals surface area contributed by atoms with Gasteiger partial charge < -0.3 is 0 Å². The van der Waals surface area contributed by atoms with Crippen LogP contribution in [0.3, 0.4) is 0 Å². The smallest absolute Gasteiger partial charge is 0.0750 e. The van der Waals surface area contributed by atoms with E-state index in [-0.39, 0.29) is 11.8 Å². The zero-order valence-corrected chi connectivity index (χ0v) is 24.8. The van der Waals surface area contributed by atoms with Gasteiger partial charge in [-0.15, -0.1) is 0 Å². The molecule has 0 heterocycles. The fraction of sp³-hybridized carbons (Fsp3) is 0.150. The van der Waals surface area contributed by atoms with Crippen LogP contribution in [0.1, 0.15) is 61.8 Å². The Morgan fingerprint density at radius 2 is 0.786 bits per heavy atom. The summed E-state index contributed by atoms with van der Waals surface area (Å²) in [4.78, 5) is 10.7. The van der Waals surface area contributed by atoms with Crippen LogP contribution >= 0.6 is 0 Å². The lowest BCUT2D eigenvalue weighted by Gasteiger charge is -2.18. The van der Waals surface area contributed by atoms with Crippen molar-refractivity contribution in [3.63, 3.8) is 0 Å². The molecule has 6 rings (SSSR count). The van der Waals surface area contributed by atoms with Gasteiger partial charge in [-0.1, -0.05) is 147 Å². The third-order valence-corrected chi connectivity index (χ3v) is 8.48. The lowest BCUT2D eigenvalue weighted by molar-refractivity contribution is 0.924. The maximum atomic E-state index is 5.33. The van der Waals surface area contributed by atoms with E-state index in [4.69, 9.17) is 9.98 Å². The predicted molar refractivity (Wildman–Crippen MR) is 181 cm³/mol. The van der Waals surface area contributed by atoms with Crippen LogP contribution in [0.4, 0.5) is 11.4 Å². The number of rotatable bonds is 7. The third kappa shape index (κ3) is 5.41. The van der Waals surface area contributed by atoms with Crippen LogP contribution in [0.5, 0.6) is 0 Å². The minimum absolute atomic E-state index is 0.205. The van der Waals surface area contributed by atoms with Gasteiger partial charge in [0.15, 0.2) is 0 Å². The molecule has 0 aliphatic heterocycles. The number of hydrogen-bond acceptors (Lipinski definition) is 2. The number of fused-ring (bicyclic) bond motifs is 2. The van der Waals surface area contributed by atoms with Crippen molar-refractivity contribution < 1.29 is 0 Å². The lowest BCUT2D eigenvalue weighted by atomic mass is 9.89. The van der Waals surface area contributed by atoms with Crippen LogP contribution < -0.4 is 0 Å². The van der Waals surface area contributed by atoms with E-state index in [0.29, 0.717) is 0 Å². The molecule has 0 aliphatic rings. The Bertz CT molecular complexity index is 1770. The molecule has 0 aliphatic carbocycles. The molecule has 0 saturated heterocycles. The second-order valence-corrected chi connectivity index (χ2v) is 11.1. The molecule has 6 aromatic carbocycles. The van der Waals surface area contributed by atoms with Crippen molar-refractivity contribution in [2.24, 2.45) is 9.98 Å². The molecule has 0 bridgehead atoms. The van der Waals surface area contributed by atoms with Gasteiger partial charge in [-0.2, -0.15) is 0 Å². The van der Waals surface area contributed by atoms with E-state index >= 15 is 0 Å². The summed E-state index contributed by atoms with van der Waals surface area (Å²) < 4.78 is 0. The van der Waals surface area contributed by atoms with Crippen molar-refractivity contribution >= 4 is 44.3 Å². The van der Waals surface area contributed by atoms with Gasteiger partial charge in [0.1, 0.15) is 0 Å². The highest BCUT2D eigenvalue weighted by atomic mass is 14.8. The van der Waals surface area contributed by atoms with Crippen LogP contribution in [-0.4, -0.2) is 11.4 Å². The normalized spacial score (nSPS) is 13.8. The molecule has 206 valence electrons. The largest absolute Gasteiger partial charge is 0.251 e. The number of nitrogens with zero attached hydrogens (tertiary/aromatic N) is 2. The summed E-state index contributed by atoms with van der Waals surface area (Å²) >= 11 is 0. The molecule has 0 saturated carbocycles. The average molecular weight is 545 g/mol. The first kappa shape index (κ1) is 27.4. The fourth-order valence-electron chi connectivity index (χ4n) is 5.83. The Morgan fingerprint density at radius 3 is 1.19 bits per heavy atom. The molecule has 6 aromatic rings. The first-order valence-electron chi connectivity index (χ1n) is 14.8. The number of aliphatic imine (C=N–C) groups is 2. The average Bonchev–Trinajstić information content (AvgIpc) is 3.05. The SMILES string of the molecule is CC(=Nc1c(C(C)c2ccccc2)ccc2ccccc12)C(C)=Nc1c(C(C)c2ccccc2)ccc2ccccc12. The quantitative estimate of drug-likeness (QED) is 0.179. The van der Waals surface area contributed by atoms with Gasteiger partial charge in [0.05, 0.1) is 22.8 Å². The zero-order valence-electron chi connectivity index (χ0n) is 24.8. The monoisotopic (exact) mass is 544 g/mol. The van der Waals surface area contributed by atoms with E-state index in [1.807, 2.05) is 0 Å². The molecule has 2 heteroatoms. The first-order chi connectivity index (χ1) is 20.5. The lowest BCUT2D eigenvalue weighted by Crippen LogP contribution is -2.07. The van der Waals surface area contributed by atoms with Gasteiger partial charge in [0.2, 0.25) is 0 Å². The highest BCUT2D eigenvalue weighted by Gasteiger charge is 2.18. The van der Waals surface area contributed by atoms with Crippen LogP contribution in [0, 0.1) is 0 Å². The Kier molecular flexibility index (Phi) is 7.79. The van der Waals surface area contributed by atoms with Crippen LogP contribution in [0.25, 0.3) is 21.5 Å². The number of benzene rings is 6. The van der Waals surface area contributed by atoms with Crippen molar-refractivity contribution in [2.75, 3.05) is 0 Å². The second kappa shape index (κ2) is 12.0. The van der Waals surface area contributed by atoms with Gasteiger partial charge in [-0.05, 0) is 46.9 Å². The van der Waals surface area contributed by atoms with Crippen LogP contribution in [-0.2, 0) is 0 Å². The molecule has 2 unspecified atom stereocenters. The van der Waals surface area contributed by atoms with Gasteiger partial charge in [-0.25, -0.2) is 0 Å². The third-order valence-electron chi connectivity index (χ3n) is 8.48. The van der Waals surface area contributed by atoms with E-state index in [9.17, 15) is 0 Å². The van der Waals surface area contributed by atoms with E-state index in [0.717, 1.165) is 33.6 Å². The molecule has 42 heavy (non-hydrogen) atoms. The molecular weight excluding hydrogens is 508 g/mol. The summed E-state index contributed by atoms with van der Waals surface area (Å²) in [6, 6.07) is 47.3. The molecule has 0 radical (unpaired) electrons. The van der Waals surface area contributed by atoms with Crippen LogP contribution in [0.15, 0.2) is 143 Å².